The van der Waals surface area contributed by atoms with Gasteiger partial charge in [0.15, 0.2) is 0 Å². The van der Waals surface area contributed by atoms with E-state index >= 15 is 0 Å². The van der Waals surface area contributed by atoms with Crippen LogP contribution in [-0.2, 0) is 6.18 Å². The molecule has 0 aliphatic carbocycles. The normalized spacial score (nSPS) is 17.8. The number of anilines is 2. The molecule has 0 aromatic carbocycles. The number of nitrogens with one attached hydrogen (secondary N) is 1. The maximum Gasteiger partial charge on any atom is 0.417 e. The summed E-state index contributed by atoms with van der Waals surface area (Å²) in [5, 5.41) is 3.25. The second-order valence-corrected chi connectivity index (χ2v) is 6.47. The lowest BCUT2D eigenvalue weighted by molar-refractivity contribution is -0.137. The maximum atomic E-state index is 12.7. The molecular weight excluding hydrogens is 355 g/mol. The Morgan fingerprint density at radius 1 is 1.24 bits per heavy atom. The lowest BCUT2D eigenvalue weighted by Crippen LogP contribution is -2.27. The Bertz CT molecular complexity index is 781. The van der Waals surface area contributed by atoms with Gasteiger partial charge in [0.05, 0.1) is 10.6 Å². The molecule has 5 nitrogen and oxygen atoms in total. The van der Waals surface area contributed by atoms with Crippen LogP contribution in [0.1, 0.15) is 23.2 Å². The molecule has 1 saturated heterocycles. The predicted octanol–water partition coefficient (Wildman–Crippen LogP) is 3.85. The summed E-state index contributed by atoms with van der Waals surface area (Å²) < 4.78 is 38.1. The van der Waals surface area contributed by atoms with Crippen molar-refractivity contribution in [2.75, 3.05) is 23.3 Å². The molecule has 25 heavy (non-hydrogen) atoms. The fourth-order valence-electron chi connectivity index (χ4n) is 2.67. The van der Waals surface area contributed by atoms with Crippen molar-refractivity contribution in [3.8, 4) is 0 Å². The highest BCUT2D eigenvalue weighted by Crippen LogP contribution is 2.34. The number of pyridine rings is 1. The molecular formula is C16H17ClF3N5. The summed E-state index contributed by atoms with van der Waals surface area (Å²) in [7, 11) is 0. The summed E-state index contributed by atoms with van der Waals surface area (Å²) in [5.74, 6) is 0.904. The fraction of sp³-hybridized carbons (Fsp3) is 0.438. The van der Waals surface area contributed by atoms with Gasteiger partial charge in [-0.25, -0.2) is 15.0 Å². The van der Waals surface area contributed by atoms with Crippen molar-refractivity contribution in [3.63, 3.8) is 0 Å². The van der Waals surface area contributed by atoms with Gasteiger partial charge in [-0.15, -0.1) is 0 Å². The maximum absolute atomic E-state index is 12.7. The van der Waals surface area contributed by atoms with Crippen molar-refractivity contribution in [1.29, 1.82) is 0 Å². The van der Waals surface area contributed by atoms with E-state index in [1.165, 1.54) is 0 Å². The average molecular weight is 372 g/mol. The number of aryl methyl sites for hydroxylation is 2. The van der Waals surface area contributed by atoms with E-state index < -0.39 is 11.7 Å². The van der Waals surface area contributed by atoms with Crippen molar-refractivity contribution in [2.45, 2.75) is 32.5 Å². The van der Waals surface area contributed by atoms with Gasteiger partial charge in [0.25, 0.3) is 0 Å². The smallest absolute Gasteiger partial charge is 0.353 e. The summed E-state index contributed by atoms with van der Waals surface area (Å²) in [6, 6.07) is 0.985. The molecule has 0 saturated carbocycles. The zero-order valence-electron chi connectivity index (χ0n) is 13.7. The highest BCUT2D eigenvalue weighted by Gasteiger charge is 2.33. The molecule has 0 spiro atoms. The van der Waals surface area contributed by atoms with Gasteiger partial charge in [0, 0.05) is 37.2 Å². The first-order valence-corrected chi connectivity index (χ1v) is 8.16. The molecule has 3 heterocycles. The quantitative estimate of drug-likeness (QED) is 0.888. The van der Waals surface area contributed by atoms with Crippen LogP contribution in [0.4, 0.5) is 24.9 Å². The second kappa shape index (κ2) is 6.67. The summed E-state index contributed by atoms with van der Waals surface area (Å²) in [6.45, 7) is 5.05. The highest BCUT2D eigenvalue weighted by atomic mass is 35.5. The predicted molar refractivity (Wildman–Crippen MR) is 90.0 cm³/mol. The van der Waals surface area contributed by atoms with Crippen LogP contribution >= 0.6 is 11.6 Å². The van der Waals surface area contributed by atoms with Crippen LogP contribution in [0.15, 0.2) is 18.5 Å². The molecule has 9 heteroatoms. The Morgan fingerprint density at radius 2 is 2.00 bits per heavy atom. The van der Waals surface area contributed by atoms with E-state index in [0.717, 1.165) is 29.9 Å². The Labute approximate surface area is 148 Å². The summed E-state index contributed by atoms with van der Waals surface area (Å²) >= 11 is 6.01. The van der Waals surface area contributed by atoms with Crippen molar-refractivity contribution in [1.82, 2.24) is 15.0 Å². The van der Waals surface area contributed by atoms with Crippen LogP contribution in [-0.4, -0.2) is 34.1 Å². The number of nitrogens with zero attached hydrogens (tertiary/aromatic N) is 4. The largest absolute Gasteiger partial charge is 0.417 e. The topological polar surface area (TPSA) is 53.9 Å². The van der Waals surface area contributed by atoms with Crippen molar-refractivity contribution in [2.24, 2.45) is 0 Å². The molecule has 1 aliphatic heterocycles. The fourth-order valence-corrected chi connectivity index (χ4v) is 2.95. The first-order chi connectivity index (χ1) is 11.7. The van der Waals surface area contributed by atoms with E-state index in [2.05, 4.69) is 20.3 Å². The number of aromatic nitrogens is 3. The monoisotopic (exact) mass is 371 g/mol. The van der Waals surface area contributed by atoms with E-state index in [0.29, 0.717) is 24.9 Å². The molecule has 1 N–H and O–H groups in total. The Balaban J connectivity index is 1.69. The van der Waals surface area contributed by atoms with E-state index in [4.69, 9.17) is 11.6 Å². The van der Waals surface area contributed by atoms with Crippen LogP contribution in [0.3, 0.4) is 0 Å². The average Bonchev–Trinajstić information content (AvgIpc) is 2.98. The molecule has 1 aliphatic rings. The van der Waals surface area contributed by atoms with Gasteiger partial charge in [-0.1, -0.05) is 11.6 Å². The second-order valence-electron chi connectivity index (χ2n) is 6.07. The lowest BCUT2D eigenvalue weighted by Gasteiger charge is -2.20. The number of hydrogen-bond donors (Lipinski definition) is 1. The van der Waals surface area contributed by atoms with Crippen LogP contribution < -0.4 is 10.2 Å². The molecule has 0 amide bonds. The Hall–Kier alpha value is -2.09. The van der Waals surface area contributed by atoms with Crippen molar-refractivity contribution in [3.05, 3.63) is 40.3 Å². The molecule has 1 fully saturated rings. The number of rotatable bonds is 3. The van der Waals surface area contributed by atoms with Gasteiger partial charge >= 0.3 is 6.18 Å². The third kappa shape index (κ3) is 3.95. The SMILES string of the molecule is Cc1cnc(NC2CCN(c3ncc(C(F)(F)F)cc3Cl)C2)nc1C. The minimum atomic E-state index is -4.45. The van der Waals surface area contributed by atoms with Crippen LogP contribution in [0.2, 0.25) is 5.02 Å². The number of halogens is 4. The van der Waals surface area contributed by atoms with Gasteiger partial charge in [-0.3, -0.25) is 0 Å². The molecule has 134 valence electrons. The van der Waals surface area contributed by atoms with Gasteiger partial charge in [0.2, 0.25) is 5.95 Å². The van der Waals surface area contributed by atoms with Gasteiger partial charge in [0.1, 0.15) is 5.82 Å². The number of alkyl halides is 3. The van der Waals surface area contributed by atoms with Crippen molar-refractivity contribution < 1.29 is 13.2 Å². The zero-order valence-corrected chi connectivity index (χ0v) is 14.5. The molecule has 0 radical (unpaired) electrons. The minimum Gasteiger partial charge on any atom is -0.353 e. The molecule has 2 aromatic rings. The van der Waals surface area contributed by atoms with E-state index in [1.807, 2.05) is 18.7 Å². The third-order valence-corrected chi connectivity index (χ3v) is 4.47. The van der Waals surface area contributed by atoms with Gasteiger partial charge in [-0.2, -0.15) is 13.2 Å². The van der Waals surface area contributed by atoms with Gasteiger partial charge in [-0.05, 0) is 31.9 Å². The first kappa shape index (κ1) is 17.7. The van der Waals surface area contributed by atoms with Gasteiger partial charge < -0.3 is 10.2 Å². The Kier molecular flexibility index (Phi) is 4.73. The molecule has 2 aromatic heterocycles. The van der Waals surface area contributed by atoms with E-state index in [-0.39, 0.29) is 11.1 Å². The zero-order chi connectivity index (χ0) is 18.2. The summed E-state index contributed by atoms with van der Waals surface area (Å²) in [4.78, 5) is 14.4. The molecule has 1 unspecified atom stereocenters. The third-order valence-electron chi connectivity index (χ3n) is 4.19. The minimum absolute atomic E-state index is 0.00194. The number of hydrogen-bond acceptors (Lipinski definition) is 5. The molecule has 0 bridgehead atoms. The lowest BCUT2D eigenvalue weighted by atomic mass is 10.2. The summed E-state index contributed by atoms with van der Waals surface area (Å²) in [5.41, 5.74) is 1.07. The standard InChI is InChI=1S/C16H17ClF3N5/c1-9-6-22-15(23-10(9)2)24-12-3-4-25(8-12)14-13(17)5-11(7-21-14)16(18,19)20/h5-7,12H,3-4,8H2,1-2H3,(H,22,23,24). The first-order valence-electron chi connectivity index (χ1n) is 7.78. The van der Waals surface area contributed by atoms with Crippen LogP contribution in [0.5, 0.6) is 0 Å². The van der Waals surface area contributed by atoms with E-state index in [9.17, 15) is 13.2 Å². The van der Waals surface area contributed by atoms with Crippen LogP contribution in [0, 0.1) is 13.8 Å². The summed E-state index contributed by atoms with van der Waals surface area (Å²) in [6.07, 6.45) is -1.10. The van der Waals surface area contributed by atoms with Crippen LogP contribution in [0.25, 0.3) is 0 Å². The molecule has 1 atom stereocenters. The Morgan fingerprint density at radius 3 is 2.64 bits per heavy atom. The highest BCUT2D eigenvalue weighted by molar-refractivity contribution is 6.33. The van der Waals surface area contributed by atoms with E-state index in [1.54, 1.807) is 6.20 Å². The molecule has 3 rings (SSSR count). The van der Waals surface area contributed by atoms with Crippen molar-refractivity contribution >= 4 is 23.4 Å².